The molecule has 0 saturated carbocycles. The molecule has 0 fully saturated rings. The van der Waals surface area contributed by atoms with E-state index in [0.29, 0.717) is 18.2 Å². The lowest BCUT2D eigenvalue weighted by Crippen LogP contribution is -2.36. The van der Waals surface area contributed by atoms with Gasteiger partial charge in [0.15, 0.2) is 0 Å². The Bertz CT molecular complexity index is 413. The third kappa shape index (κ3) is 3.82. The van der Waals surface area contributed by atoms with Crippen LogP contribution in [0.2, 0.25) is 0 Å². The van der Waals surface area contributed by atoms with Crippen LogP contribution in [0.1, 0.15) is 57.2 Å². The fourth-order valence-corrected chi connectivity index (χ4v) is 2.71. The Hall–Kier alpha value is -1.32. The minimum Gasteiger partial charge on any atom is -0.338 e. The summed E-state index contributed by atoms with van der Waals surface area (Å²) in [6.07, 6.45) is 8.39. The first kappa shape index (κ1) is 14.1. The van der Waals surface area contributed by atoms with Gasteiger partial charge >= 0.3 is 0 Å². The molecule has 4 heteroatoms. The maximum Gasteiger partial charge on any atom is 0.223 e. The van der Waals surface area contributed by atoms with Crippen molar-refractivity contribution in [1.82, 2.24) is 15.1 Å². The predicted molar refractivity (Wildman–Crippen MR) is 75.6 cm³/mol. The number of rotatable bonds is 6. The topological polar surface area (TPSA) is 49.0 Å². The molecule has 0 radical (unpaired) electrons. The van der Waals surface area contributed by atoms with E-state index in [2.05, 4.69) is 24.0 Å². The Labute approximate surface area is 115 Å². The number of fused-ring (bicyclic) bond motifs is 1. The molecular weight excluding hydrogens is 238 g/mol. The lowest BCUT2D eigenvalue weighted by atomic mass is 9.98. The summed E-state index contributed by atoms with van der Waals surface area (Å²) in [4.78, 5) is 14.2. The molecular formula is C15H25N3O. The molecule has 2 rings (SSSR count). The summed E-state index contributed by atoms with van der Waals surface area (Å²) in [7, 11) is 0. The molecule has 1 aromatic heterocycles. The monoisotopic (exact) mass is 263 g/mol. The van der Waals surface area contributed by atoms with Crippen LogP contribution in [-0.2, 0) is 17.8 Å². The number of hydrogen-bond acceptors (Lipinski definition) is 2. The minimum absolute atomic E-state index is 0.302. The largest absolute Gasteiger partial charge is 0.338 e. The lowest BCUT2D eigenvalue weighted by Gasteiger charge is -2.27. The number of aromatic amines is 1. The Kier molecular flexibility index (Phi) is 5.00. The van der Waals surface area contributed by atoms with Gasteiger partial charge in [-0.05, 0) is 5.92 Å². The van der Waals surface area contributed by atoms with Crippen LogP contribution in [0.4, 0.5) is 0 Å². The molecule has 19 heavy (non-hydrogen) atoms. The zero-order valence-electron chi connectivity index (χ0n) is 12.1. The van der Waals surface area contributed by atoms with E-state index in [-0.39, 0.29) is 0 Å². The Morgan fingerprint density at radius 2 is 2.37 bits per heavy atom. The second-order valence-corrected chi connectivity index (χ2v) is 5.74. The van der Waals surface area contributed by atoms with Crippen molar-refractivity contribution in [2.24, 2.45) is 5.92 Å². The average molecular weight is 263 g/mol. The third-order valence-electron chi connectivity index (χ3n) is 3.98. The maximum atomic E-state index is 12.3. The van der Waals surface area contributed by atoms with Gasteiger partial charge in [0.1, 0.15) is 0 Å². The maximum absolute atomic E-state index is 12.3. The summed E-state index contributed by atoms with van der Waals surface area (Å²) in [5, 5.41) is 7.05. The van der Waals surface area contributed by atoms with Crippen molar-refractivity contribution in [3.8, 4) is 0 Å². The highest BCUT2D eigenvalue weighted by Gasteiger charge is 2.22. The molecule has 1 aliphatic heterocycles. The van der Waals surface area contributed by atoms with Gasteiger partial charge in [0.05, 0.1) is 6.20 Å². The van der Waals surface area contributed by atoms with Crippen LogP contribution in [-0.4, -0.2) is 27.5 Å². The molecule has 0 spiro atoms. The molecule has 1 N–H and O–H groups in total. The van der Waals surface area contributed by atoms with Crippen LogP contribution < -0.4 is 0 Å². The molecule has 0 bridgehead atoms. The first-order valence-corrected chi connectivity index (χ1v) is 7.49. The number of hydrogen-bond donors (Lipinski definition) is 1. The van der Waals surface area contributed by atoms with Gasteiger partial charge in [-0.2, -0.15) is 5.10 Å². The highest BCUT2D eigenvalue weighted by molar-refractivity contribution is 5.76. The Morgan fingerprint density at radius 3 is 3.16 bits per heavy atom. The zero-order valence-corrected chi connectivity index (χ0v) is 12.1. The van der Waals surface area contributed by atoms with E-state index in [0.717, 1.165) is 19.5 Å². The van der Waals surface area contributed by atoms with Gasteiger partial charge in [-0.3, -0.25) is 9.89 Å². The van der Waals surface area contributed by atoms with Crippen molar-refractivity contribution >= 4 is 5.91 Å². The normalized spacial score (nSPS) is 16.2. The van der Waals surface area contributed by atoms with E-state index in [4.69, 9.17) is 0 Å². The van der Waals surface area contributed by atoms with Crippen LogP contribution in [0.3, 0.4) is 0 Å². The Morgan fingerprint density at radius 1 is 1.53 bits per heavy atom. The Balaban J connectivity index is 1.78. The SMILES string of the molecule is CCCCC[C@@H](C)CC(=O)N1CCc2[nH]ncc2C1. The van der Waals surface area contributed by atoms with E-state index in [1.165, 1.54) is 36.9 Å². The standard InChI is InChI=1S/C15H25N3O/c1-3-4-5-6-12(2)9-15(19)18-8-7-14-13(11-18)10-16-17-14/h10,12H,3-9,11H2,1-2H3,(H,16,17)/t12-/m1/s1. The summed E-state index contributed by atoms with van der Waals surface area (Å²) in [5.74, 6) is 0.806. The number of aromatic nitrogens is 2. The molecule has 1 aliphatic rings. The third-order valence-corrected chi connectivity index (χ3v) is 3.98. The number of amides is 1. The van der Waals surface area contributed by atoms with Crippen LogP contribution in [0.5, 0.6) is 0 Å². The molecule has 1 amide bonds. The molecule has 0 aliphatic carbocycles. The van der Waals surface area contributed by atoms with Gasteiger partial charge in [0, 0.05) is 37.2 Å². The quantitative estimate of drug-likeness (QED) is 0.802. The van der Waals surface area contributed by atoms with Crippen LogP contribution in [0, 0.1) is 5.92 Å². The summed E-state index contributed by atoms with van der Waals surface area (Å²) >= 11 is 0. The lowest BCUT2D eigenvalue weighted by molar-refractivity contribution is -0.133. The number of carbonyl (C=O) groups excluding carboxylic acids is 1. The van der Waals surface area contributed by atoms with Crippen molar-refractivity contribution in [2.75, 3.05) is 6.54 Å². The number of unbranched alkanes of at least 4 members (excludes halogenated alkanes) is 2. The predicted octanol–water partition coefficient (Wildman–Crippen LogP) is 2.90. The molecule has 0 unspecified atom stereocenters. The van der Waals surface area contributed by atoms with Crippen LogP contribution >= 0.6 is 0 Å². The molecule has 1 atom stereocenters. The van der Waals surface area contributed by atoms with Crippen molar-refractivity contribution in [2.45, 2.75) is 58.9 Å². The first-order chi connectivity index (χ1) is 9.20. The van der Waals surface area contributed by atoms with Gasteiger partial charge in [0.25, 0.3) is 0 Å². The number of carbonyl (C=O) groups is 1. The van der Waals surface area contributed by atoms with Crippen LogP contribution in [0.25, 0.3) is 0 Å². The minimum atomic E-state index is 0.302. The molecule has 0 saturated heterocycles. The van der Waals surface area contributed by atoms with E-state index in [1.807, 2.05) is 11.1 Å². The van der Waals surface area contributed by atoms with E-state index in [9.17, 15) is 4.79 Å². The second-order valence-electron chi connectivity index (χ2n) is 5.74. The van der Waals surface area contributed by atoms with Crippen molar-refractivity contribution in [3.63, 3.8) is 0 Å². The highest BCUT2D eigenvalue weighted by atomic mass is 16.2. The van der Waals surface area contributed by atoms with Gasteiger partial charge in [0.2, 0.25) is 5.91 Å². The van der Waals surface area contributed by atoms with Gasteiger partial charge in [-0.25, -0.2) is 0 Å². The first-order valence-electron chi connectivity index (χ1n) is 7.49. The zero-order chi connectivity index (χ0) is 13.7. The number of nitrogens with one attached hydrogen (secondary N) is 1. The molecule has 4 nitrogen and oxygen atoms in total. The summed E-state index contributed by atoms with van der Waals surface area (Å²) in [6.45, 7) is 5.97. The smallest absolute Gasteiger partial charge is 0.223 e. The number of H-pyrrole nitrogens is 1. The van der Waals surface area contributed by atoms with Gasteiger partial charge < -0.3 is 4.90 Å². The van der Waals surface area contributed by atoms with E-state index < -0.39 is 0 Å². The van der Waals surface area contributed by atoms with E-state index >= 15 is 0 Å². The average Bonchev–Trinajstić information content (AvgIpc) is 2.86. The second kappa shape index (κ2) is 6.73. The summed E-state index contributed by atoms with van der Waals surface area (Å²) in [5.41, 5.74) is 2.37. The molecule has 106 valence electrons. The van der Waals surface area contributed by atoms with Crippen molar-refractivity contribution in [1.29, 1.82) is 0 Å². The van der Waals surface area contributed by atoms with Gasteiger partial charge in [-0.15, -0.1) is 0 Å². The highest BCUT2D eigenvalue weighted by Crippen LogP contribution is 2.19. The summed E-state index contributed by atoms with van der Waals surface area (Å²) < 4.78 is 0. The molecule has 2 heterocycles. The van der Waals surface area contributed by atoms with Gasteiger partial charge in [-0.1, -0.05) is 39.5 Å². The fourth-order valence-electron chi connectivity index (χ4n) is 2.71. The van der Waals surface area contributed by atoms with Crippen molar-refractivity contribution < 1.29 is 4.79 Å². The fraction of sp³-hybridized carbons (Fsp3) is 0.733. The van der Waals surface area contributed by atoms with Crippen molar-refractivity contribution in [3.05, 3.63) is 17.5 Å². The van der Waals surface area contributed by atoms with E-state index in [1.54, 1.807) is 0 Å². The molecule has 1 aromatic rings. The summed E-state index contributed by atoms with van der Waals surface area (Å²) in [6, 6.07) is 0. The van der Waals surface area contributed by atoms with Crippen LogP contribution in [0.15, 0.2) is 6.20 Å². The number of nitrogens with zero attached hydrogens (tertiary/aromatic N) is 2. The molecule has 0 aromatic carbocycles.